The molecule has 0 bridgehead atoms. The van der Waals surface area contributed by atoms with Crippen molar-refractivity contribution in [3.05, 3.63) is 203 Å². The number of nitrogens with one attached hydrogen (secondary N) is 1. The molecule has 10 nitrogen and oxygen atoms in total. The van der Waals surface area contributed by atoms with Gasteiger partial charge in [-0.25, -0.2) is 4.79 Å². The van der Waals surface area contributed by atoms with Gasteiger partial charge in [-0.05, 0) is 40.1 Å². The predicted molar refractivity (Wildman–Crippen MR) is 199 cm³/mol. The van der Waals surface area contributed by atoms with Crippen molar-refractivity contribution in [1.29, 1.82) is 0 Å². The summed E-state index contributed by atoms with van der Waals surface area (Å²) in [5, 5.41) is 16.7. The lowest BCUT2D eigenvalue weighted by Gasteiger charge is -2.34. The van der Waals surface area contributed by atoms with E-state index in [-0.39, 0.29) is 23.6 Å². The van der Waals surface area contributed by atoms with Gasteiger partial charge in [0.2, 0.25) is 5.82 Å². The SMILES string of the molecule is NC(=O)NCN(C(=O)c1ccccc1C(=O)c1ccccc1)c1cccc(-c2nnn(C(c3ccccc3)(c3ccccc3)c3ccccc3)n2)c1. The summed E-state index contributed by atoms with van der Waals surface area (Å²) in [6, 6.07) is 51.6. The van der Waals surface area contributed by atoms with Gasteiger partial charge in [0.1, 0.15) is 0 Å². The highest BCUT2D eigenvalue weighted by molar-refractivity contribution is 6.18. The van der Waals surface area contributed by atoms with Crippen LogP contribution in [0.15, 0.2) is 170 Å². The van der Waals surface area contributed by atoms with Gasteiger partial charge in [-0.3, -0.25) is 14.5 Å². The van der Waals surface area contributed by atoms with E-state index in [9.17, 15) is 14.4 Å². The summed E-state index contributed by atoms with van der Waals surface area (Å²) in [5.74, 6) is -0.511. The van der Waals surface area contributed by atoms with Gasteiger partial charge in [0, 0.05) is 22.4 Å². The molecule has 0 unspecified atom stereocenters. The van der Waals surface area contributed by atoms with Crippen LogP contribution in [0, 0.1) is 0 Å². The number of amides is 3. The number of hydrogen-bond acceptors (Lipinski definition) is 6. The molecule has 0 aliphatic heterocycles. The van der Waals surface area contributed by atoms with Gasteiger partial charge in [-0.15, -0.1) is 15.0 Å². The molecule has 1 heterocycles. The number of nitrogens with zero attached hydrogens (tertiary/aromatic N) is 5. The minimum Gasteiger partial charge on any atom is -0.352 e. The monoisotopic (exact) mass is 683 g/mol. The number of carbonyl (C=O) groups is 3. The smallest absolute Gasteiger partial charge is 0.313 e. The van der Waals surface area contributed by atoms with Gasteiger partial charge < -0.3 is 11.1 Å². The summed E-state index contributed by atoms with van der Waals surface area (Å²) in [6.45, 7) is -0.259. The highest BCUT2D eigenvalue weighted by atomic mass is 16.2. The Kier molecular flexibility index (Phi) is 9.44. The Hall–Kier alpha value is -7.20. The first-order valence-corrected chi connectivity index (χ1v) is 16.6. The van der Waals surface area contributed by atoms with E-state index in [4.69, 9.17) is 10.8 Å². The minimum absolute atomic E-state index is 0.162. The van der Waals surface area contributed by atoms with Crippen LogP contribution in [0.3, 0.4) is 0 Å². The van der Waals surface area contributed by atoms with Crippen LogP contribution in [-0.4, -0.2) is 44.6 Å². The van der Waals surface area contributed by atoms with Crippen LogP contribution >= 0.6 is 0 Å². The van der Waals surface area contributed by atoms with Gasteiger partial charge in [-0.2, -0.15) is 0 Å². The van der Waals surface area contributed by atoms with Crippen LogP contribution < -0.4 is 16.0 Å². The molecule has 10 heteroatoms. The Bertz CT molecular complexity index is 2230. The number of aromatic nitrogens is 4. The molecule has 0 spiro atoms. The van der Waals surface area contributed by atoms with Crippen molar-refractivity contribution >= 4 is 23.4 Å². The van der Waals surface area contributed by atoms with Gasteiger partial charge in [0.05, 0.1) is 12.2 Å². The number of hydrogen-bond donors (Lipinski definition) is 2. The van der Waals surface area contributed by atoms with Crippen molar-refractivity contribution in [1.82, 2.24) is 25.5 Å². The van der Waals surface area contributed by atoms with E-state index in [1.165, 1.54) is 4.90 Å². The molecule has 52 heavy (non-hydrogen) atoms. The van der Waals surface area contributed by atoms with E-state index in [0.717, 1.165) is 16.7 Å². The van der Waals surface area contributed by atoms with Gasteiger partial charge in [-0.1, -0.05) is 152 Å². The lowest BCUT2D eigenvalue weighted by Crippen LogP contribution is -2.43. The maximum Gasteiger partial charge on any atom is 0.313 e. The number of rotatable bonds is 11. The zero-order chi connectivity index (χ0) is 35.9. The van der Waals surface area contributed by atoms with Crippen molar-refractivity contribution in [2.75, 3.05) is 11.6 Å². The fraction of sp³-hybridized carbons (Fsp3) is 0.0476. The first-order chi connectivity index (χ1) is 25.5. The molecule has 3 N–H and O–H groups in total. The van der Waals surface area contributed by atoms with Gasteiger partial charge in [0.15, 0.2) is 11.3 Å². The van der Waals surface area contributed by atoms with Crippen LogP contribution in [0.5, 0.6) is 0 Å². The summed E-state index contributed by atoms with van der Waals surface area (Å²) in [5.41, 5.74) is 9.08. The second-order valence-corrected chi connectivity index (χ2v) is 11.9. The molecule has 0 aliphatic rings. The topological polar surface area (TPSA) is 136 Å². The minimum atomic E-state index is -0.977. The Labute approximate surface area is 300 Å². The van der Waals surface area contributed by atoms with Crippen molar-refractivity contribution in [2.24, 2.45) is 5.73 Å². The van der Waals surface area contributed by atoms with Crippen molar-refractivity contribution in [2.45, 2.75) is 5.54 Å². The fourth-order valence-corrected chi connectivity index (χ4v) is 6.36. The number of anilines is 1. The zero-order valence-corrected chi connectivity index (χ0v) is 27.9. The molecular weight excluding hydrogens is 651 g/mol. The number of primary amides is 1. The quantitative estimate of drug-likeness (QED) is 0.0887. The summed E-state index contributed by atoms with van der Waals surface area (Å²) < 4.78 is 0. The summed E-state index contributed by atoms with van der Waals surface area (Å²) in [7, 11) is 0. The van der Waals surface area contributed by atoms with Crippen molar-refractivity contribution in [3.63, 3.8) is 0 Å². The Morgan fingerprint density at radius 1 is 0.635 bits per heavy atom. The van der Waals surface area contributed by atoms with E-state index >= 15 is 0 Å². The average molecular weight is 684 g/mol. The molecule has 7 rings (SSSR count). The fourth-order valence-electron chi connectivity index (χ4n) is 6.36. The molecule has 3 amide bonds. The van der Waals surface area contributed by atoms with Crippen LogP contribution in [0.2, 0.25) is 0 Å². The van der Waals surface area contributed by atoms with Crippen LogP contribution in [0.25, 0.3) is 11.4 Å². The van der Waals surface area contributed by atoms with Crippen LogP contribution in [0.1, 0.15) is 43.0 Å². The lowest BCUT2D eigenvalue weighted by molar-refractivity contribution is 0.0970. The molecule has 0 saturated carbocycles. The molecular formula is C42H33N7O3. The third-order valence-corrected chi connectivity index (χ3v) is 8.80. The standard InChI is InChI=1S/C42H33N7O3/c43-41(52)44-29-48(40(51)37-27-14-13-26-36(37)38(50)30-16-5-1-6-17-30)35-25-15-18-31(28-35)39-45-47-49(46-39)42(32-19-7-2-8-20-32,33-21-9-3-10-22-33)34-23-11-4-12-24-34/h1-28H,29H2,(H3,43,44,52). The molecule has 0 radical (unpaired) electrons. The number of carbonyl (C=O) groups excluding carboxylic acids is 3. The zero-order valence-electron chi connectivity index (χ0n) is 27.9. The van der Waals surface area contributed by atoms with Crippen molar-refractivity contribution in [3.8, 4) is 11.4 Å². The second kappa shape index (κ2) is 14.7. The number of nitrogens with two attached hydrogens (primary N) is 1. The maximum absolute atomic E-state index is 14.3. The van der Waals surface area contributed by atoms with E-state index in [1.54, 1.807) is 71.5 Å². The highest BCUT2D eigenvalue weighted by Gasteiger charge is 2.41. The largest absolute Gasteiger partial charge is 0.352 e. The van der Waals surface area contributed by atoms with Gasteiger partial charge in [0.25, 0.3) is 5.91 Å². The van der Waals surface area contributed by atoms with Crippen molar-refractivity contribution < 1.29 is 14.4 Å². The lowest BCUT2D eigenvalue weighted by atomic mass is 9.77. The Morgan fingerprint density at radius 2 is 1.15 bits per heavy atom. The predicted octanol–water partition coefficient (Wildman–Crippen LogP) is 6.68. The van der Waals surface area contributed by atoms with E-state index in [0.29, 0.717) is 22.6 Å². The molecule has 7 aromatic rings. The van der Waals surface area contributed by atoms with Crippen LogP contribution in [-0.2, 0) is 5.54 Å². The molecule has 1 aromatic heterocycles. The summed E-state index contributed by atoms with van der Waals surface area (Å²) in [4.78, 5) is 42.7. The van der Waals surface area contributed by atoms with E-state index in [2.05, 4.69) is 15.6 Å². The maximum atomic E-state index is 14.3. The van der Waals surface area contributed by atoms with E-state index < -0.39 is 17.5 Å². The van der Waals surface area contributed by atoms with Crippen LogP contribution in [0.4, 0.5) is 10.5 Å². The molecule has 6 aromatic carbocycles. The first-order valence-electron chi connectivity index (χ1n) is 16.6. The molecule has 0 fully saturated rings. The molecule has 0 aliphatic carbocycles. The number of urea groups is 1. The summed E-state index contributed by atoms with van der Waals surface area (Å²) >= 11 is 0. The normalized spacial score (nSPS) is 11.1. The Balaban J connectivity index is 1.31. The molecule has 254 valence electrons. The molecule has 0 atom stereocenters. The summed E-state index contributed by atoms with van der Waals surface area (Å²) in [6.07, 6.45) is 0. The third kappa shape index (κ3) is 6.44. The highest BCUT2D eigenvalue weighted by Crippen LogP contribution is 2.40. The number of ketones is 1. The van der Waals surface area contributed by atoms with E-state index in [1.807, 2.05) is 103 Å². The Morgan fingerprint density at radius 3 is 1.71 bits per heavy atom. The molecule has 0 saturated heterocycles. The number of benzene rings is 6. The second-order valence-electron chi connectivity index (χ2n) is 11.9. The first kappa shape index (κ1) is 33.3. The average Bonchev–Trinajstić information content (AvgIpc) is 3.70. The number of tetrazole rings is 1. The van der Waals surface area contributed by atoms with Gasteiger partial charge >= 0.3 is 6.03 Å². The third-order valence-electron chi connectivity index (χ3n) is 8.80.